The number of aryl methyl sites for hydroxylation is 4. The highest BCUT2D eigenvalue weighted by Gasteiger charge is 2.23. The Morgan fingerprint density at radius 3 is 2.82 bits per heavy atom. The third-order valence-electron chi connectivity index (χ3n) is 4.64. The number of nitrogens with zero attached hydrogens (tertiary/aromatic N) is 3. The molecular formula is C18H26N4. The molecule has 1 aromatic carbocycles. The lowest BCUT2D eigenvalue weighted by molar-refractivity contribution is 0.529. The van der Waals surface area contributed by atoms with Crippen molar-refractivity contribution in [3.05, 3.63) is 46.1 Å². The molecule has 1 N–H and O–H groups in total. The van der Waals surface area contributed by atoms with Gasteiger partial charge in [0.05, 0.1) is 5.69 Å². The highest BCUT2D eigenvalue weighted by molar-refractivity contribution is 5.49. The summed E-state index contributed by atoms with van der Waals surface area (Å²) >= 11 is 0. The van der Waals surface area contributed by atoms with Gasteiger partial charge in [0.2, 0.25) is 0 Å². The highest BCUT2D eigenvalue weighted by atomic mass is 15.4. The van der Waals surface area contributed by atoms with Crippen LogP contribution < -0.4 is 10.2 Å². The van der Waals surface area contributed by atoms with Gasteiger partial charge in [-0.1, -0.05) is 23.8 Å². The Hall–Kier alpha value is -1.81. The zero-order valence-corrected chi connectivity index (χ0v) is 14.3. The molecule has 1 heterocycles. The van der Waals surface area contributed by atoms with Crippen LogP contribution in [-0.4, -0.2) is 23.9 Å². The molecule has 1 atom stereocenters. The summed E-state index contributed by atoms with van der Waals surface area (Å²) in [7, 11) is 6.17. The lowest BCUT2D eigenvalue weighted by Gasteiger charge is -2.18. The van der Waals surface area contributed by atoms with Crippen molar-refractivity contribution in [1.29, 1.82) is 0 Å². The van der Waals surface area contributed by atoms with E-state index in [1.807, 2.05) is 11.7 Å². The summed E-state index contributed by atoms with van der Waals surface area (Å²) in [6.45, 7) is 5.13. The maximum atomic E-state index is 4.57. The van der Waals surface area contributed by atoms with E-state index in [9.17, 15) is 0 Å². The summed E-state index contributed by atoms with van der Waals surface area (Å²) in [5.41, 5.74) is 6.75. The van der Waals surface area contributed by atoms with E-state index in [0.717, 1.165) is 12.2 Å². The first-order chi connectivity index (χ1) is 10.5. The number of rotatable bonds is 4. The van der Waals surface area contributed by atoms with Crippen LogP contribution in [0.1, 0.15) is 40.4 Å². The van der Waals surface area contributed by atoms with Crippen molar-refractivity contribution in [1.82, 2.24) is 15.1 Å². The fraction of sp³-hybridized carbons (Fsp3) is 0.500. The largest absolute Gasteiger partial charge is 0.363 e. The van der Waals surface area contributed by atoms with Gasteiger partial charge in [0.1, 0.15) is 5.82 Å². The second-order valence-corrected chi connectivity index (χ2v) is 6.58. The second kappa shape index (κ2) is 5.76. The van der Waals surface area contributed by atoms with Crippen molar-refractivity contribution in [2.45, 2.75) is 39.3 Å². The van der Waals surface area contributed by atoms with Gasteiger partial charge in [0, 0.05) is 39.3 Å². The molecule has 4 heteroatoms. The summed E-state index contributed by atoms with van der Waals surface area (Å²) in [5, 5.41) is 8.31. The van der Waals surface area contributed by atoms with Crippen molar-refractivity contribution in [2.24, 2.45) is 7.05 Å². The van der Waals surface area contributed by atoms with E-state index in [2.05, 4.69) is 61.5 Å². The normalized spacial score (nSPS) is 16.9. The average molecular weight is 298 g/mol. The molecule has 2 aromatic rings. The fourth-order valence-electron chi connectivity index (χ4n) is 3.64. The van der Waals surface area contributed by atoms with Crippen LogP contribution >= 0.6 is 0 Å². The topological polar surface area (TPSA) is 33.1 Å². The quantitative estimate of drug-likeness (QED) is 0.942. The predicted molar refractivity (Wildman–Crippen MR) is 91.4 cm³/mol. The van der Waals surface area contributed by atoms with Gasteiger partial charge in [-0.05, 0) is 37.8 Å². The minimum absolute atomic E-state index is 0.463. The van der Waals surface area contributed by atoms with E-state index >= 15 is 0 Å². The van der Waals surface area contributed by atoms with E-state index in [1.165, 1.54) is 40.9 Å². The average Bonchev–Trinajstić information content (AvgIpc) is 2.96. The summed E-state index contributed by atoms with van der Waals surface area (Å²) in [5.74, 6) is 1.19. The van der Waals surface area contributed by atoms with Crippen molar-refractivity contribution in [2.75, 3.05) is 19.0 Å². The molecule has 0 saturated carbocycles. The molecule has 0 amide bonds. The molecule has 1 aliphatic carbocycles. The van der Waals surface area contributed by atoms with Gasteiger partial charge in [-0.2, -0.15) is 5.10 Å². The molecule has 0 unspecified atom stereocenters. The molecule has 0 radical (unpaired) electrons. The first-order valence-electron chi connectivity index (χ1n) is 8.00. The Morgan fingerprint density at radius 1 is 1.32 bits per heavy atom. The number of nitrogens with one attached hydrogen (secondary N) is 1. The van der Waals surface area contributed by atoms with Crippen molar-refractivity contribution < 1.29 is 0 Å². The maximum Gasteiger partial charge on any atom is 0.130 e. The number of anilines is 1. The van der Waals surface area contributed by atoms with Crippen molar-refractivity contribution >= 4 is 5.82 Å². The first-order valence-corrected chi connectivity index (χ1v) is 8.00. The van der Waals surface area contributed by atoms with Crippen molar-refractivity contribution in [3.63, 3.8) is 0 Å². The summed E-state index contributed by atoms with van der Waals surface area (Å²) < 4.78 is 1.97. The van der Waals surface area contributed by atoms with Crippen LogP contribution in [0.5, 0.6) is 0 Å². The Balaban J connectivity index is 1.78. The maximum absolute atomic E-state index is 4.57. The van der Waals surface area contributed by atoms with Gasteiger partial charge < -0.3 is 10.2 Å². The molecule has 1 aliphatic rings. The van der Waals surface area contributed by atoms with Gasteiger partial charge >= 0.3 is 0 Å². The molecule has 0 bridgehead atoms. The molecule has 1 aromatic heterocycles. The van der Waals surface area contributed by atoms with Gasteiger partial charge in [-0.25, -0.2) is 0 Å². The molecule has 0 fully saturated rings. The first kappa shape index (κ1) is 15.1. The molecular weight excluding hydrogens is 272 g/mol. The van der Waals surface area contributed by atoms with E-state index in [0.29, 0.717) is 6.04 Å². The molecule has 22 heavy (non-hydrogen) atoms. The van der Waals surface area contributed by atoms with Gasteiger partial charge in [0.25, 0.3) is 0 Å². The summed E-state index contributed by atoms with van der Waals surface area (Å²) in [6.07, 6.45) is 2.37. The van der Waals surface area contributed by atoms with Crippen LogP contribution in [0.25, 0.3) is 0 Å². The zero-order chi connectivity index (χ0) is 15.9. The van der Waals surface area contributed by atoms with Gasteiger partial charge in [0.15, 0.2) is 0 Å². The van der Waals surface area contributed by atoms with Crippen LogP contribution in [-0.2, 0) is 20.0 Å². The molecule has 118 valence electrons. The summed E-state index contributed by atoms with van der Waals surface area (Å²) in [6, 6.07) is 7.31. The Kier molecular flexibility index (Phi) is 3.96. The fourth-order valence-corrected chi connectivity index (χ4v) is 3.64. The van der Waals surface area contributed by atoms with Crippen LogP contribution in [0.4, 0.5) is 5.82 Å². The third-order valence-corrected chi connectivity index (χ3v) is 4.64. The van der Waals surface area contributed by atoms with Crippen LogP contribution in [0, 0.1) is 13.8 Å². The number of hydrogen-bond donors (Lipinski definition) is 1. The number of hydrogen-bond acceptors (Lipinski definition) is 3. The molecule has 0 saturated heterocycles. The third kappa shape index (κ3) is 2.63. The molecule has 0 spiro atoms. The zero-order valence-electron chi connectivity index (χ0n) is 14.3. The highest BCUT2D eigenvalue weighted by Crippen LogP contribution is 2.32. The molecule has 0 aliphatic heterocycles. The lowest BCUT2D eigenvalue weighted by Crippen LogP contribution is -2.21. The van der Waals surface area contributed by atoms with Crippen molar-refractivity contribution in [3.8, 4) is 0 Å². The standard InChI is InChI=1S/C18H26N4/c1-12-6-8-15-14(10-12)7-9-17(15)19-11-16-13(2)20-22(5)18(16)21(3)4/h6,8,10,17,19H,7,9,11H2,1-5H3/t17-/m1/s1. The molecule has 3 rings (SSSR count). The van der Waals surface area contributed by atoms with Gasteiger partial charge in [-0.15, -0.1) is 0 Å². The number of benzene rings is 1. The monoisotopic (exact) mass is 298 g/mol. The Labute approximate surface area is 133 Å². The van der Waals surface area contributed by atoms with E-state index in [-0.39, 0.29) is 0 Å². The van der Waals surface area contributed by atoms with Gasteiger partial charge in [-0.3, -0.25) is 4.68 Å². The number of fused-ring (bicyclic) bond motifs is 1. The van der Waals surface area contributed by atoms with E-state index in [4.69, 9.17) is 0 Å². The second-order valence-electron chi connectivity index (χ2n) is 6.58. The minimum atomic E-state index is 0.463. The summed E-state index contributed by atoms with van der Waals surface area (Å²) in [4.78, 5) is 2.14. The van der Waals surface area contributed by atoms with Crippen LogP contribution in [0.2, 0.25) is 0 Å². The van der Waals surface area contributed by atoms with E-state index in [1.54, 1.807) is 0 Å². The van der Waals surface area contributed by atoms with E-state index < -0.39 is 0 Å². The van der Waals surface area contributed by atoms with Crippen LogP contribution in [0.3, 0.4) is 0 Å². The number of aromatic nitrogens is 2. The predicted octanol–water partition coefficient (Wildman–Crippen LogP) is 2.88. The minimum Gasteiger partial charge on any atom is -0.363 e. The molecule has 4 nitrogen and oxygen atoms in total. The van der Waals surface area contributed by atoms with Crippen LogP contribution in [0.15, 0.2) is 18.2 Å². The Bertz CT molecular complexity index is 685. The Morgan fingerprint density at radius 2 is 2.09 bits per heavy atom. The smallest absolute Gasteiger partial charge is 0.130 e. The lowest BCUT2D eigenvalue weighted by atomic mass is 10.1. The SMILES string of the molecule is Cc1ccc2c(c1)CC[C@H]2NCc1c(C)nn(C)c1N(C)C.